The van der Waals surface area contributed by atoms with Gasteiger partial charge in [0.2, 0.25) is 0 Å². The van der Waals surface area contributed by atoms with E-state index in [4.69, 9.17) is 0 Å². The zero-order valence-corrected chi connectivity index (χ0v) is 12.3. The van der Waals surface area contributed by atoms with Crippen LogP contribution in [-0.2, 0) is 6.42 Å². The maximum absolute atomic E-state index is 4.51. The van der Waals surface area contributed by atoms with Crippen LogP contribution in [0.15, 0.2) is 42.7 Å². The molecular weight excluding hydrogens is 246 g/mol. The van der Waals surface area contributed by atoms with E-state index in [0.717, 1.165) is 18.7 Å². The van der Waals surface area contributed by atoms with Crippen LogP contribution in [0.1, 0.15) is 32.3 Å². The molecule has 2 heterocycles. The van der Waals surface area contributed by atoms with E-state index in [9.17, 15) is 0 Å². The number of nitrogens with zero attached hydrogens (tertiary/aromatic N) is 2. The van der Waals surface area contributed by atoms with Crippen LogP contribution in [0.4, 0.5) is 0 Å². The van der Waals surface area contributed by atoms with Gasteiger partial charge < -0.3 is 5.32 Å². The number of rotatable bonds is 4. The number of benzene rings is 1. The summed E-state index contributed by atoms with van der Waals surface area (Å²) in [6.07, 6.45) is 7.79. The molecule has 1 unspecified atom stereocenters. The molecule has 0 bridgehead atoms. The van der Waals surface area contributed by atoms with Crippen LogP contribution in [0.2, 0.25) is 0 Å². The van der Waals surface area contributed by atoms with E-state index >= 15 is 0 Å². The van der Waals surface area contributed by atoms with Crippen LogP contribution in [0, 0.1) is 5.92 Å². The minimum absolute atomic E-state index is 0.255. The number of hydrogen-bond acceptors (Lipinski definition) is 2. The first-order chi connectivity index (χ1) is 9.70. The minimum atomic E-state index is 0.255. The third kappa shape index (κ3) is 2.50. The van der Waals surface area contributed by atoms with Crippen molar-refractivity contribution in [1.82, 2.24) is 15.1 Å². The predicted molar refractivity (Wildman–Crippen MR) is 82.1 cm³/mol. The van der Waals surface area contributed by atoms with Crippen molar-refractivity contribution in [3.8, 4) is 5.69 Å². The Morgan fingerprint density at radius 1 is 1.30 bits per heavy atom. The SMILES string of the molecule is CC(C)C1(Cc2cnn(-c3ccccc3)c2)CCCN1. The van der Waals surface area contributed by atoms with Gasteiger partial charge in [0.1, 0.15) is 0 Å². The summed E-state index contributed by atoms with van der Waals surface area (Å²) >= 11 is 0. The zero-order chi connectivity index (χ0) is 14.0. The summed E-state index contributed by atoms with van der Waals surface area (Å²) in [5.74, 6) is 0.644. The second kappa shape index (κ2) is 5.41. The number of para-hydroxylation sites is 1. The maximum atomic E-state index is 4.51. The molecule has 1 saturated heterocycles. The Bertz CT molecular complexity index is 551. The monoisotopic (exact) mass is 269 g/mol. The third-order valence-electron chi connectivity index (χ3n) is 4.56. The average Bonchev–Trinajstić information content (AvgIpc) is 3.10. The summed E-state index contributed by atoms with van der Waals surface area (Å²) in [6.45, 7) is 5.78. The molecule has 2 aromatic rings. The van der Waals surface area contributed by atoms with Crippen LogP contribution in [0.25, 0.3) is 5.69 Å². The molecule has 1 fully saturated rings. The summed E-state index contributed by atoms with van der Waals surface area (Å²) in [4.78, 5) is 0. The van der Waals surface area contributed by atoms with Crippen LogP contribution in [0.5, 0.6) is 0 Å². The lowest BCUT2D eigenvalue weighted by atomic mass is 9.80. The van der Waals surface area contributed by atoms with E-state index in [-0.39, 0.29) is 5.54 Å². The fraction of sp³-hybridized carbons (Fsp3) is 0.471. The van der Waals surface area contributed by atoms with Gasteiger partial charge in [-0.05, 0) is 49.4 Å². The molecule has 0 radical (unpaired) electrons. The Balaban J connectivity index is 1.80. The predicted octanol–water partition coefficient (Wildman–Crippen LogP) is 3.19. The first kappa shape index (κ1) is 13.4. The van der Waals surface area contributed by atoms with Crippen LogP contribution >= 0.6 is 0 Å². The highest BCUT2D eigenvalue weighted by Gasteiger charge is 2.36. The van der Waals surface area contributed by atoms with Crippen molar-refractivity contribution in [2.45, 2.75) is 38.6 Å². The van der Waals surface area contributed by atoms with E-state index < -0.39 is 0 Å². The van der Waals surface area contributed by atoms with E-state index in [2.05, 4.69) is 42.6 Å². The van der Waals surface area contributed by atoms with Crippen molar-refractivity contribution in [3.63, 3.8) is 0 Å². The average molecular weight is 269 g/mol. The summed E-state index contributed by atoms with van der Waals surface area (Å²) in [7, 11) is 0. The smallest absolute Gasteiger partial charge is 0.0645 e. The van der Waals surface area contributed by atoms with Gasteiger partial charge in [0, 0.05) is 11.7 Å². The van der Waals surface area contributed by atoms with Crippen molar-refractivity contribution in [2.75, 3.05) is 6.54 Å². The molecule has 1 aromatic heterocycles. The lowest BCUT2D eigenvalue weighted by molar-refractivity contribution is 0.269. The van der Waals surface area contributed by atoms with Crippen LogP contribution in [-0.4, -0.2) is 21.9 Å². The summed E-state index contributed by atoms with van der Waals surface area (Å²) in [5.41, 5.74) is 2.69. The lowest BCUT2D eigenvalue weighted by Crippen LogP contribution is -2.46. The van der Waals surface area contributed by atoms with E-state index in [1.165, 1.54) is 18.4 Å². The molecule has 0 saturated carbocycles. The van der Waals surface area contributed by atoms with Crippen molar-refractivity contribution in [3.05, 3.63) is 48.3 Å². The quantitative estimate of drug-likeness (QED) is 0.923. The van der Waals surface area contributed by atoms with Crippen LogP contribution in [0.3, 0.4) is 0 Å². The molecule has 0 amide bonds. The molecule has 106 valence electrons. The Labute approximate surface area is 121 Å². The van der Waals surface area contributed by atoms with E-state index in [1.807, 2.05) is 29.1 Å². The molecule has 1 aliphatic rings. The van der Waals surface area contributed by atoms with Crippen molar-refractivity contribution in [2.24, 2.45) is 5.92 Å². The topological polar surface area (TPSA) is 29.9 Å². The van der Waals surface area contributed by atoms with Crippen molar-refractivity contribution < 1.29 is 0 Å². The minimum Gasteiger partial charge on any atom is -0.311 e. The van der Waals surface area contributed by atoms with Gasteiger partial charge in [0.15, 0.2) is 0 Å². The highest BCUT2D eigenvalue weighted by Crippen LogP contribution is 2.31. The molecule has 0 spiro atoms. The Hall–Kier alpha value is -1.61. The third-order valence-corrected chi connectivity index (χ3v) is 4.56. The van der Waals surface area contributed by atoms with Gasteiger partial charge in [-0.1, -0.05) is 32.0 Å². The molecule has 0 aliphatic carbocycles. The normalized spacial score (nSPS) is 22.6. The Kier molecular flexibility index (Phi) is 3.62. The van der Waals surface area contributed by atoms with Crippen molar-refractivity contribution >= 4 is 0 Å². The van der Waals surface area contributed by atoms with Crippen LogP contribution < -0.4 is 5.32 Å². The van der Waals surface area contributed by atoms with Gasteiger partial charge in [-0.2, -0.15) is 5.10 Å². The lowest BCUT2D eigenvalue weighted by Gasteiger charge is -2.33. The van der Waals surface area contributed by atoms with Gasteiger partial charge in [0.05, 0.1) is 11.9 Å². The second-order valence-electron chi connectivity index (χ2n) is 6.15. The fourth-order valence-electron chi connectivity index (χ4n) is 3.21. The van der Waals surface area contributed by atoms with Crippen molar-refractivity contribution in [1.29, 1.82) is 0 Å². The van der Waals surface area contributed by atoms with E-state index in [1.54, 1.807) is 0 Å². The molecule has 3 nitrogen and oxygen atoms in total. The summed E-state index contributed by atoms with van der Waals surface area (Å²) in [5, 5.41) is 8.24. The highest BCUT2D eigenvalue weighted by molar-refractivity contribution is 5.31. The number of aromatic nitrogens is 2. The number of nitrogens with one attached hydrogen (secondary N) is 1. The molecule has 3 heteroatoms. The van der Waals surface area contributed by atoms with Gasteiger partial charge >= 0.3 is 0 Å². The fourth-order valence-corrected chi connectivity index (χ4v) is 3.21. The first-order valence-electron chi connectivity index (χ1n) is 7.54. The van der Waals surface area contributed by atoms with Gasteiger partial charge in [-0.25, -0.2) is 4.68 Å². The molecule has 20 heavy (non-hydrogen) atoms. The standard InChI is InChI=1S/C17H23N3/c1-14(2)17(9-6-10-18-17)11-15-12-19-20(13-15)16-7-4-3-5-8-16/h3-5,7-8,12-14,18H,6,9-11H2,1-2H3. The molecule has 1 N–H and O–H groups in total. The Morgan fingerprint density at radius 2 is 2.10 bits per heavy atom. The molecular formula is C17H23N3. The first-order valence-corrected chi connectivity index (χ1v) is 7.54. The Morgan fingerprint density at radius 3 is 2.75 bits per heavy atom. The molecule has 3 rings (SSSR count). The van der Waals surface area contributed by atoms with Gasteiger partial charge in [-0.15, -0.1) is 0 Å². The summed E-state index contributed by atoms with van der Waals surface area (Å²) < 4.78 is 1.97. The largest absolute Gasteiger partial charge is 0.311 e. The van der Waals surface area contributed by atoms with Gasteiger partial charge in [0.25, 0.3) is 0 Å². The highest BCUT2D eigenvalue weighted by atomic mass is 15.3. The van der Waals surface area contributed by atoms with E-state index in [0.29, 0.717) is 5.92 Å². The molecule has 1 atom stereocenters. The number of hydrogen-bond donors (Lipinski definition) is 1. The second-order valence-corrected chi connectivity index (χ2v) is 6.15. The van der Waals surface area contributed by atoms with Gasteiger partial charge in [-0.3, -0.25) is 0 Å². The summed E-state index contributed by atoms with van der Waals surface area (Å²) in [6, 6.07) is 10.3. The maximum Gasteiger partial charge on any atom is 0.0645 e. The zero-order valence-electron chi connectivity index (χ0n) is 12.3. The molecule has 1 aliphatic heterocycles. The molecule has 1 aromatic carbocycles.